The zero-order valence-electron chi connectivity index (χ0n) is 15.8. The number of thiazole rings is 1. The summed E-state index contributed by atoms with van der Waals surface area (Å²) in [4.78, 5) is 29.5. The molecule has 0 N–H and O–H groups in total. The summed E-state index contributed by atoms with van der Waals surface area (Å²) in [7, 11) is 0. The molecule has 0 atom stereocenters. The van der Waals surface area contributed by atoms with Crippen LogP contribution in [0.25, 0.3) is 10.2 Å². The molecule has 0 saturated carbocycles. The maximum atomic E-state index is 12.8. The van der Waals surface area contributed by atoms with Crippen LogP contribution in [0.1, 0.15) is 17.3 Å². The van der Waals surface area contributed by atoms with Gasteiger partial charge in [0.05, 0.1) is 27.4 Å². The number of rotatable bonds is 4. The topological polar surface area (TPSA) is 79.1 Å². The van der Waals surface area contributed by atoms with Crippen molar-refractivity contribution in [1.29, 1.82) is 0 Å². The van der Waals surface area contributed by atoms with Gasteiger partial charge < -0.3 is 18.8 Å². The number of amides is 1. The van der Waals surface area contributed by atoms with Crippen LogP contribution in [-0.4, -0.2) is 36.3 Å². The minimum atomic E-state index is -0.566. The summed E-state index contributed by atoms with van der Waals surface area (Å²) in [5.74, 6) is 0.166. The molecule has 2 heterocycles. The van der Waals surface area contributed by atoms with E-state index in [1.54, 1.807) is 23.6 Å². The Morgan fingerprint density at radius 1 is 1.17 bits per heavy atom. The summed E-state index contributed by atoms with van der Waals surface area (Å²) in [5.41, 5.74) is 0.858. The van der Waals surface area contributed by atoms with Gasteiger partial charge in [-0.1, -0.05) is 34.5 Å². The van der Waals surface area contributed by atoms with Gasteiger partial charge in [-0.3, -0.25) is 9.59 Å². The molecule has 1 aliphatic heterocycles. The van der Waals surface area contributed by atoms with E-state index in [9.17, 15) is 9.59 Å². The van der Waals surface area contributed by atoms with Crippen molar-refractivity contribution in [2.75, 3.05) is 19.8 Å². The van der Waals surface area contributed by atoms with Crippen LogP contribution in [0.4, 0.5) is 0 Å². The summed E-state index contributed by atoms with van der Waals surface area (Å²) >= 11 is 13.4. The monoisotopic (exact) mass is 466 g/mol. The molecule has 0 radical (unpaired) electrons. The van der Waals surface area contributed by atoms with E-state index in [1.807, 2.05) is 6.07 Å². The average molecular weight is 467 g/mol. The number of benzene rings is 2. The normalized spacial score (nSPS) is 13.5. The van der Waals surface area contributed by atoms with E-state index in [1.165, 1.54) is 23.5 Å². The fraction of sp³-hybridized carbons (Fsp3) is 0.250. The highest BCUT2D eigenvalue weighted by molar-refractivity contribution is 7.16. The molecule has 0 saturated heterocycles. The number of hydrogen-bond acceptors (Lipinski definition) is 6. The Bertz CT molecular complexity index is 1220. The third-order valence-electron chi connectivity index (χ3n) is 4.30. The fourth-order valence-corrected chi connectivity index (χ4v) is 4.40. The zero-order valence-corrected chi connectivity index (χ0v) is 18.1. The van der Waals surface area contributed by atoms with Gasteiger partial charge in [-0.05, 0) is 25.1 Å². The van der Waals surface area contributed by atoms with Gasteiger partial charge in [-0.2, -0.15) is 4.99 Å². The quantitative estimate of drug-likeness (QED) is 0.541. The highest BCUT2D eigenvalue weighted by atomic mass is 35.5. The largest absolute Gasteiger partial charge is 0.486 e. The third kappa shape index (κ3) is 4.16. The zero-order chi connectivity index (χ0) is 21.3. The number of nitrogens with zero attached hydrogens (tertiary/aromatic N) is 2. The average Bonchev–Trinajstić information content (AvgIpc) is 3.04. The van der Waals surface area contributed by atoms with Crippen molar-refractivity contribution in [1.82, 2.24) is 4.57 Å². The molecule has 1 amide bonds. The van der Waals surface area contributed by atoms with Crippen molar-refractivity contribution in [2.24, 2.45) is 4.99 Å². The molecule has 156 valence electrons. The van der Waals surface area contributed by atoms with Crippen molar-refractivity contribution < 1.29 is 23.8 Å². The Morgan fingerprint density at radius 3 is 2.63 bits per heavy atom. The predicted molar refractivity (Wildman–Crippen MR) is 114 cm³/mol. The van der Waals surface area contributed by atoms with Gasteiger partial charge in [-0.15, -0.1) is 0 Å². The molecule has 0 aliphatic carbocycles. The molecule has 7 nitrogen and oxygen atoms in total. The molecule has 3 aromatic rings. The summed E-state index contributed by atoms with van der Waals surface area (Å²) in [6.45, 7) is 2.76. The van der Waals surface area contributed by atoms with E-state index in [0.717, 1.165) is 4.70 Å². The number of carbonyl (C=O) groups excluding carboxylic acids is 2. The number of aromatic nitrogens is 1. The second kappa shape index (κ2) is 8.67. The van der Waals surface area contributed by atoms with Crippen molar-refractivity contribution in [2.45, 2.75) is 13.5 Å². The number of halogens is 2. The standard InChI is InChI=1S/C20H16Cl2N2O5S/c1-2-27-18(25)10-24-14-8-15-16(29-6-5-28-15)9-17(14)30-20(24)23-19(26)12-7-11(21)3-4-13(12)22/h3-4,7-9H,2,5-6,10H2,1H3. The Labute approximate surface area is 185 Å². The number of hydrogen-bond donors (Lipinski definition) is 0. The van der Waals surface area contributed by atoms with Crippen LogP contribution < -0.4 is 14.3 Å². The summed E-state index contributed by atoms with van der Waals surface area (Å²) in [6, 6.07) is 8.17. The molecule has 0 unspecified atom stereocenters. The molecule has 2 aromatic carbocycles. The predicted octanol–water partition coefficient (Wildman–Crippen LogP) is 4.09. The van der Waals surface area contributed by atoms with Crippen molar-refractivity contribution in [3.05, 3.63) is 50.7 Å². The lowest BCUT2D eigenvalue weighted by molar-refractivity contribution is -0.143. The van der Waals surface area contributed by atoms with E-state index >= 15 is 0 Å². The van der Waals surface area contributed by atoms with Gasteiger partial charge in [0.25, 0.3) is 5.91 Å². The van der Waals surface area contributed by atoms with Gasteiger partial charge in [-0.25, -0.2) is 0 Å². The number of carbonyl (C=O) groups is 2. The number of esters is 1. The van der Waals surface area contributed by atoms with Gasteiger partial charge in [0.1, 0.15) is 19.8 Å². The first-order chi connectivity index (χ1) is 14.5. The lowest BCUT2D eigenvalue weighted by Crippen LogP contribution is -2.23. The fourth-order valence-electron chi connectivity index (χ4n) is 2.99. The van der Waals surface area contributed by atoms with Crippen LogP contribution in [0.3, 0.4) is 0 Å². The number of ether oxygens (including phenoxy) is 3. The first kappa shape index (κ1) is 20.7. The van der Waals surface area contributed by atoms with Gasteiger partial charge in [0, 0.05) is 17.2 Å². The SMILES string of the molecule is CCOC(=O)Cn1c(=NC(=O)c2cc(Cl)ccc2Cl)sc2cc3c(cc21)OCCO3. The highest BCUT2D eigenvalue weighted by Gasteiger charge is 2.19. The van der Waals surface area contributed by atoms with Gasteiger partial charge in [0.2, 0.25) is 0 Å². The number of fused-ring (bicyclic) bond motifs is 2. The molecule has 1 aliphatic rings. The first-order valence-electron chi connectivity index (χ1n) is 9.09. The lowest BCUT2D eigenvalue weighted by Gasteiger charge is -2.18. The van der Waals surface area contributed by atoms with E-state index < -0.39 is 11.9 Å². The van der Waals surface area contributed by atoms with Crippen LogP contribution in [0.2, 0.25) is 10.0 Å². The van der Waals surface area contributed by atoms with E-state index in [0.29, 0.717) is 40.1 Å². The van der Waals surface area contributed by atoms with Crippen LogP contribution >= 0.6 is 34.5 Å². The van der Waals surface area contributed by atoms with Gasteiger partial charge >= 0.3 is 5.97 Å². The Kier molecular flexibility index (Phi) is 5.99. The molecule has 4 rings (SSSR count). The Balaban J connectivity index is 1.86. The minimum Gasteiger partial charge on any atom is -0.486 e. The third-order valence-corrected chi connectivity index (χ3v) is 5.90. The lowest BCUT2D eigenvalue weighted by atomic mass is 10.2. The second-order valence-electron chi connectivity index (χ2n) is 6.28. The molecular formula is C20H16Cl2N2O5S. The van der Waals surface area contributed by atoms with Crippen LogP contribution in [-0.2, 0) is 16.1 Å². The summed E-state index contributed by atoms with van der Waals surface area (Å²) < 4.78 is 18.8. The summed E-state index contributed by atoms with van der Waals surface area (Å²) in [6.07, 6.45) is 0. The molecule has 0 bridgehead atoms. The maximum absolute atomic E-state index is 12.8. The van der Waals surface area contributed by atoms with E-state index in [4.69, 9.17) is 37.4 Å². The Morgan fingerprint density at radius 2 is 1.90 bits per heavy atom. The molecule has 0 spiro atoms. The van der Waals surface area contributed by atoms with E-state index in [2.05, 4.69) is 4.99 Å². The molecule has 30 heavy (non-hydrogen) atoms. The van der Waals surface area contributed by atoms with Crippen LogP contribution in [0, 0.1) is 0 Å². The maximum Gasteiger partial charge on any atom is 0.326 e. The first-order valence-corrected chi connectivity index (χ1v) is 10.7. The second-order valence-corrected chi connectivity index (χ2v) is 8.13. The Hall–Kier alpha value is -2.55. The molecule has 0 fully saturated rings. The highest BCUT2D eigenvalue weighted by Crippen LogP contribution is 2.35. The molecule has 10 heteroatoms. The molecule has 1 aromatic heterocycles. The van der Waals surface area contributed by atoms with E-state index in [-0.39, 0.29) is 23.7 Å². The van der Waals surface area contributed by atoms with Crippen molar-refractivity contribution in [3.63, 3.8) is 0 Å². The van der Waals surface area contributed by atoms with Gasteiger partial charge in [0.15, 0.2) is 16.3 Å². The minimum absolute atomic E-state index is 0.108. The molecular weight excluding hydrogens is 451 g/mol. The van der Waals surface area contributed by atoms with Crippen molar-refractivity contribution in [3.8, 4) is 11.5 Å². The van der Waals surface area contributed by atoms with Crippen LogP contribution in [0.15, 0.2) is 35.3 Å². The smallest absolute Gasteiger partial charge is 0.326 e. The van der Waals surface area contributed by atoms with Crippen molar-refractivity contribution >= 4 is 56.6 Å². The van der Waals surface area contributed by atoms with Crippen LogP contribution in [0.5, 0.6) is 11.5 Å². The summed E-state index contributed by atoms with van der Waals surface area (Å²) in [5, 5.41) is 0.610.